The molecule has 17 heavy (non-hydrogen) atoms. The number of methoxy groups -OCH3 is 1. The highest BCUT2D eigenvalue weighted by molar-refractivity contribution is 6.32. The second-order valence-corrected chi connectivity index (χ2v) is 3.50. The first-order chi connectivity index (χ1) is 8.22. The van der Waals surface area contributed by atoms with Gasteiger partial charge in [-0.1, -0.05) is 24.3 Å². The predicted octanol–water partition coefficient (Wildman–Crippen LogP) is 3.45. The van der Waals surface area contributed by atoms with Gasteiger partial charge in [-0.15, -0.1) is 0 Å². The number of benzene rings is 1. The number of halogens is 1. The Morgan fingerprint density at radius 2 is 2.29 bits per heavy atom. The third-order valence-corrected chi connectivity index (χ3v) is 2.23. The maximum Gasteiger partial charge on any atom is 0.180 e. The van der Waals surface area contributed by atoms with Crippen molar-refractivity contribution in [3.05, 3.63) is 41.4 Å². The fraction of sp³-hybridized carbons (Fsp3) is 0.154. The monoisotopic (exact) mass is 249 g/mol. The van der Waals surface area contributed by atoms with E-state index in [1.807, 2.05) is 6.07 Å². The van der Waals surface area contributed by atoms with Crippen LogP contribution in [0.5, 0.6) is 11.5 Å². The molecule has 0 amide bonds. The van der Waals surface area contributed by atoms with E-state index in [1.54, 1.807) is 24.3 Å². The summed E-state index contributed by atoms with van der Waals surface area (Å²) in [6.45, 7) is 3.91. The van der Waals surface area contributed by atoms with Crippen LogP contribution in [0.25, 0.3) is 6.08 Å². The maximum atomic E-state index is 8.46. The number of nitrogens with zero attached hydrogens (tertiary/aromatic N) is 1. The number of rotatable bonds is 5. The molecule has 0 unspecified atom stereocenters. The molecule has 4 heteroatoms. The number of hydrogen-bond donors (Lipinski definition) is 0. The molecule has 0 saturated carbocycles. The average Bonchev–Trinajstić information content (AvgIpc) is 2.34. The molecule has 0 radical (unpaired) electrons. The molecule has 1 aromatic rings. The lowest BCUT2D eigenvalue weighted by Crippen LogP contribution is -1.97. The van der Waals surface area contributed by atoms with Crippen LogP contribution < -0.4 is 9.47 Å². The van der Waals surface area contributed by atoms with Crippen LogP contribution in [0.3, 0.4) is 0 Å². The standard InChI is InChI=1S/C13H12ClNO2/c1-3-7-17-13-11(14)8-10(5-4-6-15)9-12(13)16-2/h3-5,8-9H,1,7H2,2H3. The van der Waals surface area contributed by atoms with Crippen molar-refractivity contribution in [1.82, 2.24) is 0 Å². The normalized spacial score (nSPS) is 9.94. The smallest absolute Gasteiger partial charge is 0.180 e. The van der Waals surface area contributed by atoms with Gasteiger partial charge in [0.25, 0.3) is 0 Å². The zero-order valence-corrected chi connectivity index (χ0v) is 10.2. The van der Waals surface area contributed by atoms with E-state index < -0.39 is 0 Å². The molecular formula is C13H12ClNO2. The second kappa shape index (κ2) is 6.62. The van der Waals surface area contributed by atoms with Crippen molar-refractivity contribution in [2.45, 2.75) is 0 Å². The molecule has 1 rings (SSSR count). The maximum absolute atomic E-state index is 8.46. The third kappa shape index (κ3) is 3.54. The Hall–Kier alpha value is -1.92. The Bertz CT molecular complexity index is 475. The largest absolute Gasteiger partial charge is 0.493 e. The van der Waals surface area contributed by atoms with Crippen molar-refractivity contribution in [1.29, 1.82) is 5.26 Å². The van der Waals surface area contributed by atoms with Gasteiger partial charge in [-0.2, -0.15) is 5.26 Å². The van der Waals surface area contributed by atoms with Gasteiger partial charge in [0.2, 0.25) is 0 Å². The first-order valence-electron chi connectivity index (χ1n) is 4.90. The van der Waals surface area contributed by atoms with Gasteiger partial charge in [-0.3, -0.25) is 0 Å². The van der Waals surface area contributed by atoms with Crippen LogP contribution in [-0.2, 0) is 0 Å². The molecule has 0 bridgehead atoms. The summed E-state index contributed by atoms with van der Waals surface area (Å²) in [5, 5.41) is 8.89. The Morgan fingerprint density at radius 3 is 2.88 bits per heavy atom. The van der Waals surface area contributed by atoms with E-state index >= 15 is 0 Å². The highest BCUT2D eigenvalue weighted by atomic mass is 35.5. The van der Waals surface area contributed by atoms with Crippen LogP contribution in [0, 0.1) is 11.3 Å². The van der Waals surface area contributed by atoms with E-state index in [1.165, 1.54) is 13.2 Å². The van der Waals surface area contributed by atoms with Crippen LogP contribution in [0.15, 0.2) is 30.9 Å². The summed E-state index contributed by atoms with van der Waals surface area (Å²) < 4.78 is 10.6. The lowest BCUT2D eigenvalue weighted by atomic mass is 10.2. The van der Waals surface area contributed by atoms with E-state index in [-0.39, 0.29) is 0 Å². The highest BCUT2D eigenvalue weighted by Gasteiger charge is 2.10. The summed E-state index contributed by atoms with van der Waals surface area (Å²) in [5.74, 6) is 1.00. The number of hydrogen-bond acceptors (Lipinski definition) is 3. The summed E-state index contributed by atoms with van der Waals surface area (Å²) in [6.07, 6.45) is 4.64. The van der Waals surface area contributed by atoms with Gasteiger partial charge in [0, 0.05) is 6.08 Å². The molecule has 3 nitrogen and oxygen atoms in total. The summed E-state index contributed by atoms with van der Waals surface area (Å²) in [7, 11) is 1.53. The number of ether oxygens (including phenoxy) is 2. The van der Waals surface area contributed by atoms with Gasteiger partial charge in [0.05, 0.1) is 18.2 Å². The van der Waals surface area contributed by atoms with Crippen LogP contribution in [0.1, 0.15) is 5.56 Å². The first kappa shape index (κ1) is 13.1. The Balaban J connectivity index is 3.11. The molecule has 0 aliphatic heterocycles. The summed E-state index contributed by atoms with van der Waals surface area (Å²) in [4.78, 5) is 0. The number of allylic oxidation sites excluding steroid dienone is 1. The second-order valence-electron chi connectivity index (χ2n) is 3.10. The molecular weight excluding hydrogens is 238 g/mol. The molecule has 88 valence electrons. The van der Waals surface area contributed by atoms with Gasteiger partial charge in [0.15, 0.2) is 11.5 Å². The molecule has 0 aliphatic carbocycles. The minimum Gasteiger partial charge on any atom is -0.493 e. The molecule has 0 atom stereocenters. The first-order valence-corrected chi connectivity index (χ1v) is 5.28. The number of nitriles is 1. The van der Waals surface area contributed by atoms with Gasteiger partial charge >= 0.3 is 0 Å². The molecule has 1 aromatic carbocycles. The fourth-order valence-electron chi connectivity index (χ4n) is 1.25. The van der Waals surface area contributed by atoms with Crippen LogP contribution in [0.2, 0.25) is 5.02 Å². The van der Waals surface area contributed by atoms with Crippen molar-refractivity contribution in [2.24, 2.45) is 0 Å². The molecule has 0 spiro atoms. The zero-order valence-electron chi connectivity index (χ0n) is 9.44. The Kier molecular flexibility index (Phi) is 5.12. The lowest BCUT2D eigenvalue weighted by Gasteiger charge is -2.11. The predicted molar refractivity (Wildman–Crippen MR) is 68.3 cm³/mol. The SMILES string of the molecule is C=CCOc1c(Cl)cc(C=CC#N)cc1OC. The van der Waals surface area contributed by atoms with E-state index in [4.69, 9.17) is 26.3 Å². The molecule has 0 aromatic heterocycles. The Labute approximate surface area is 106 Å². The molecule has 0 aliphatic rings. The minimum atomic E-state index is 0.351. The zero-order chi connectivity index (χ0) is 12.7. The van der Waals surface area contributed by atoms with Gasteiger partial charge in [0.1, 0.15) is 6.61 Å². The average molecular weight is 250 g/mol. The van der Waals surface area contributed by atoms with E-state index in [0.29, 0.717) is 23.1 Å². The summed E-state index contributed by atoms with van der Waals surface area (Å²) in [5.41, 5.74) is 0.777. The van der Waals surface area contributed by atoms with Crippen LogP contribution in [-0.4, -0.2) is 13.7 Å². The Morgan fingerprint density at radius 1 is 1.53 bits per heavy atom. The fourth-order valence-corrected chi connectivity index (χ4v) is 1.53. The van der Waals surface area contributed by atoms with Crippen molar-refractivity contribution in [3.8, 4) is 17.6 Å². The van der Waals surface area contributed by atoms with E-state index in [2.05, 4.69) is 6.58 Å². The van der Waals surface area contributed by atoms with Gasteiger partial charge in [-0.05, 0) is 23.8 Å². The van der Waals surface area contributed by atoms with Crippen molar-refractivity contribution < 1.29 is 9.47 Å². The topological polar surface area (TPSA) is 42.2 Å². The molecule has 0 fully saturated rings. The van der Waals surface area contributed by atoms with E-state index in [0.717, 1.165) is 5.56 Å². The van der Waals surface area contributed by atoms with Crippen LogP contribution in [0.4, 0.5) is 0 Å². The van der Waals surface area contributed by atoms with Crippen molar-refractivity contribution >= 4 is 17.7 Å². The summed E-state index contributed by atoms with van der Waals surface area (Å²) in [6, 6.07) is 5.37. The van der Waals surface area contributed by atoms with Crippen LogP contribution >= 0.6 is 11.6 Å². The summed E-state index contributed by atoms with van der Waals surface area (Å²) >= 11 is 6.07. The molecule has 0 heterocycles. The minimum absolute atomic E-state index is 0.351. The highest BCUT2D eigenvalue weighted by Crippen LogP contribution is 2.36. The molecule has 0 saturated heterocycles. The van der Waals surface area contributed by atoms with Gasteiger partial charge < -0.3 is 9.47 Å². The third-order valence-electron chi connectivity index (χ3n) is 1.95. The molecule has 0 N–H and O–H groups in total. The van der Waals surface area contributed by atoms with Crippen molar-refractivity contribution in [3.63, 3.8) is 0 Å². The van der Waals surface area contributed by atoms with Crippen molar-refractivity contribution in [2.75, 3.05) is 13.7 Å². The lowest BCUT2D eigenvalue weighted by molar-refractivity contribution is 0.326. The van der Waals surface area contributed by atoms with E-state index in [9.17, 15) is 0 Å². The quantitative estimate of drug-likeness (QED) is 0.593. The van der Waals surface area contributed by atoms with Gasteiger partial charge in [-0.25, -0.2) is 0 Å².